The van der Waals surface area contributed by atoms with E-state index in [9.17, 15) is 25.2 Å². The van der Waals surface area contributed by atoms with Gasteiger partial charge < -0.3 is 40.7 Å². The lowest BCUT2D eigenvalue weighted by molar-refractivity contribution is -0.252. The van der Waals surface area contributed by atoms with Crippen molar-refractivity contribution in [1.29, 1.82) is 0 Å². The van der Waals surface area contributed by atoms with Gasteiger partial charge >= 0.3 is 6.03 Å². The van der Waals surface area contributed by atoms with Crippen molar-refractivity contribution in [3.8, 4) is 0 Å². The summed E-state index contributed by atoms with van der Waals surface area (Å²) < 4.78 is 5.07. The number of amides is 2. The van der Waals surface area contributed by atoms with Crippen molar-refractivity contribution in [1.82, 2.24) is 10.2 Å². The highest BCUT2D eigenvalue weighted by Crippen LogP contribution is 2.38. The Morgan fingerprint density at radius 2 is 1.94 bits per heavy atom. The molecule has 2 aliphatic heterocycles. The Morgan fingerprint density at radius 3 is 2.68 bits per heavy atom. The summed E-state index contributed by atoms with van der Waals surface area (Å²) in [6, 6.07) is 8.98. The molecule has 6 atom stereocenters. The summed E-state index contributed by atoms with van der Waals surface area (Å²) in [5, 5.41) is 45.8. The van der Waals surface area contributed by atoms with E-state index in [1.165, 1.54) is 0 Å². The minimum absolute atomic E-state index is 0.0179. The van der Waals surface area contributed by atoms with Crippen LogP contribution in [0.15, 0.2) is 36.4 Å². The van der Waals surface area contributed by atoms with Gasteiger partial charge in [-0.1, -0.05) is 35.3 Å². The van der Waals surface area contributed by atoms with Crippen molar-refractivity contribution in [3.05, 3.63) is 63.1 Å². The molecule has 1 saturated heterocycles. The van der Waals surface area contributed by atoms with Crippen molar-refractivity contribution < 1.29 is 30.0 Å². The van der Waals surface area contributed by atoms with Gasteiger partial charge in [-0.2, -0.15) is 0 Å². The minimum Gasteiger partial charge on any atom is -0.394 e. The Bertz CT molecular complexity index is 1060. The first-order chi connectivity index (χ1) is 16.2. The molecule has 11 heteroatoms. The maximum atomic E-state index is 12.6. The molecule has 2 heterocycles. The van der Waals surface area contributed by atoms with Crippen molar-refractivity contribution in [2.24, 2.45) is 0 Å². The van der Waals surface area contributed by atoms with Crippen LogP contribution in [0.2, 0.25) is 10.0 Å². The number of fused-ring (bicyclic) bond motifs is 1. The first kappa shape index (κ1) is 25.2. The Morgan fingerprint density at radius 1 is 1.18 bits per heavy atom. The van der Waals surface area contributed by atoms with E-state index in [-0.39, 0.29) is 5.92 Å². The average molecular weight is 512 g/mol. The van der Waals surface area contributed by atoms with Crippen LogP contribution >= 0.6 is 23.2 Å². The normalized spacial score (nSPS) is 29.4. The molecule has 9 nitrogen and oxygen atoms in total. The van der Waals surface area contributed by atoms with Gasteiger partial charge in [-0.3, -0.25) is 0 Å². The van der Waals surface area contributed by atoms with Crippen LogP contribution in [0.1, 0.15) is 22.6 Å². The highest BCUT2D eigenvalue weighted by atomic mass is 35.5. The monoisotopic (exact) mass is 511 g/mol. The minimum atomic E-state index is -1.60. The van der Waals surface area contributed by atoms with Gasteiger partial charge in [-0.05, 0) is 48.0 Å². The van der Waals surface area contributed by atoms with Crippen molar-refractivity contribution in [3.63, 3.8) is 0 Å². The number of anilines is 1. The Hall–Kier alpha value is -1.95. The first-order valence-electron chi connectivity index (χ1n) is 10.8. The number of aliphatic hydroxyl groups is 4. The van der Waals surface area contributed by atoms with Crippen LogP contribution in [0.5, 0.6) is 0 Å². The fourth-order valence-electron chi connectivity index (χ4n) is 4.54. The molecule has 2 aromatic carbocycles. The molecule has 34 heavy (non-hydrogen) atoms. The van der Waals surface area contributed by atoms with Gasteiger partial charge in [-0.15, -0.1) is 0 Å². The molecule has 2 aromatic rings. The maximum absolute atomic E-state index is 12.6. The highest BCUT2D eigenvalue weighted by Gasteiger charge is 2.44. The zero-order chi connectivity index (χ0) is 24.6. The summed E-state index contributed by atoms with van der Waals surface area (Å²) in [5.41, 5.74) is 3.50. The van der Waals surface area contributed by atoms with Gasteiger partial charge in [-0.25, -0.2) is 4.79 Å². The largest absolute Gasteiger partial charge is 0.394 e. The Kier molecular flexibility index (Phi) is 7.66. The van der Waals surface area contributed by atoms with Crippen LogP contribution in [0.3, 0.4) is 0 Å². The predicted molar refractivity (Wildman–Crippen MR) is 127 cm³/mol. The molecular weight excluding hydrogens is 485 g/mol. The van der Waals surface area contributed by atoms with E-state index in [0.29, 0.717) is 22.3 Å². The van der Waals surface area contributed by atoms with Gasteiger partial charge in [0.2, 0.25) is 0 Å². The zero-order valence-electron chi connectivity index (χ0n) is 18.4. The average Bonchev–Trinajstić information content (AvgIpc) is 2.79. The van der Waals surface area contributed by atoms with Crippen LogP contribution in [-0.2, 0) is 11.3 Å². The fourth-order valence-corrected chi connectivity index (χ4v) is 5.10. The van der Waals surface area contributed by atoms with E-state index in [1.54, 1.807) is 12.1 Å². The molecule has 4 unspecified atom stereocenters. The number of urea groups is 1. The van der Waals surface area contributed by atoms with Gasteiger partial charge in [0.25, 0.3) is 0 Å². The lowest BCUT2D eigenvalue weighted by atomic mass is 9.84. The second kappa shape index (κ2) is 10.3. The first-order valence-corrected chi connectivity index (χ1v) is 11.6. The Labute approximate surface area is 206 Å². The van der Waals surface area contributed by atoms with E-state index in [1.807, 2.05) is 31.3 Å². The van der Waals surface area contributed by atoms with E-state index in [4.69, 9.17) is 27.9 Å². The molecule has 0 bridgehead atoms. The third kappa shape index (κ3) is 5.17. The molecule has 0 saturated carbocycles. The molecule has 0 aliphatic carbocycles. The van der Waals surface area contributed by atoms with E-state index < -0.39 is 43.3 Å². The number of ether oxygens (including phenoxy) is 1. The molecule has 4 rings (SSSR count). The summed E-state index contributed by atoms with van der Waals surface area (Å²) in [7, 11) is 2.01. The molecule has 2 amide bonds. The molecule has 2 aliphatic rings. The number of nitrogens with one attached hydrogen (secondary N) is 2. The van der Waals surface area contributed by atoms with Gasteiger partial charge in [0, 0.05) is 34.7 Å². The van der Waals surface area contributed by atoms with Crippen LogP contribution < -0.4 is 10.6 Å². The molecule has 0 aromatic heterocycles. The summed E-state index contributed by atoms with van der Waals surface area (Å²) in [5.74, 6) is -0.0179. The number of carbonyl (C=O) groups is 1. The topological polar surface area (TPSA) is 135 Å². The zero-order valence-corrected chi connectivity index (χ0v) is 19.9. The number of aliphatic hydroxyl groups excluding tert-OH is 4. The number of hydrogen-bond acceptors (Lipinski definition) is 7. The second-order valence-corrected chi connectivity index (χ2v) is 9.53. The summed E-state index contributed by atoms with van der Waals surface area (Å²) >= 11 is 12.7. The lowest BCUT2D eigenvalue weighted by Crippen LogP contribution is -2.64. The number of carbonyl (C=O) groups excluding carboxylic acids is 1. The maximum Gasteiger partial charge on any atom is 0.319 e. The van der Waals surface area contributed by atoms with Gasteiger partial charge in [0.05, 0.1) is 6.61 Å². The van der Waals surface area contributed by atoms with Gasteiger partial charge in [0.1, 0.15) is 24.4 Å². The van der Waals surface area contributed by atoms with Crippen LogP contribution in [-0.4, -0.2) is 82.2 Å². The Balaban J connectivity index is 1.50. The van der Waals surface area contributed by atoms with E-state index in [0.717, 1.165) is 23.2 Å². The number of hydrogen-bond donors (Lipinski definition) is 6. The smallest absolute Gasteiger partial charge is 0.319 e. The summed E-state index contributed by atoms with van der Waals surface area (Å²) in [6.45, 7) is 0.858. The van der Waals surface area contributed by atoms with Crippen LogP contribution in [0, 0.1) is 0 Å². The second-order valence-electron chi connectivity index (χ2n) is 8.68. The molecule has 0 spiro atoms. The SMILES string of the molecule is CN1Cc2c(Cl)cc(Cl)cc2C(c2cccc(NC(=O)N[C@H]3C(O)OC(CO)[C@@H](O)C3O)c2)C1. The lowest BCUT2D eigenvalue weighted by Gasteiger charge is -2.40. The predicted octanol–water partition coefficient (Wildman–Crippen LogP) is 1.49. The van der Waals surface area contributed by atoms with Crippen LogP contribution in [0.4, 0.5) is 10.5 Å². The molecule has 184 valence electrons. The number of halogens is 2. The highest BCUT2D eigenvalue weighted by molar-refractivity contribution is 6.35. The number of likely N-dealkylation sites (N-methyl/N-ethyl adjacent to an activating group) is 1. The molecule has 1 fully saturated rings. The van der Waals surface area contributed by atoms with E-state index >= 15 is 0 Å². The third-order valence-corrected chi connectivity index (χ3v) is 6.79. The number of rotatable bonds is 4. The number of benzene rings is 2. The van der Waals surface area contributed by atoms with Crippen LogP contribution in [0.25, 0.3) is 0 Å². The third-order valence-electron chi connectivity index (χ3n) is 6.24. The van der Waals surface area contributed by atoms with Crippen molar-refractivity contribution in [2.75, 3.05) is 25.5 Å². The number of nitrogens with zero attached hydrogens (tertiary/aromatic N) is 1. The fraction of sp³-hybridized carbons (Fsp3) is 0.435. The molecule has 0 radical (unpaired) electrons. The van der Waals surface area contributed by atoms with Gasteiger partial charge in [0.15, 0.2) is 6.29 Å². The van der Waals surface area contributed by atoms with Crippen molar-refractivity contribution >= 4 is 34.9 Å². The van der Waals surface area contributed by atoms with E-state index in [2.05, 4.69) is 15.5 Å². The quantitative estimate of drug-likeness (QED) is 0.366. The molecule has 6 N–H and O–H groups in total. The summed E-state index contributed by atoms with van der Waals surface area (Å²) in [6.07, 6.45) is -5.75. The summed E-state index contributed by atoms with van der Waals surface area (Å²) in [4.78, 5) is 14.7. The van der Waals surface area contributed by atoms with Crippen molar-refractivity contribution in [2.45, 2.75) is 43.1 Å². The molecular formula is C23H27Cl2N3O6. The standard InChI is InChI=1S/C23H27Cl2N3O6/c1-28-8-15(14-6-12(24)7-17(25)16(14)9-28)11-3-2-4-13(5-11)26-23(33)27-19-21(31)20(30)18(10-29)34-22(19)32/h2-7,15,18-22,29-32H,8-10H2,1H3,(H2,26,27,33)/t15?,18?,19-,20-,21?,22?/m1/s1.